The largest absolute Gasteiger partial charge is 0.462 e. The molecule has 0 atom stereocenters. The Morgan fingerprint density at radius 1 is 1.45 bits per heavy atom. The number of carbonyl (C=O) groups is 1. The topological polar surface area (TPSA) is 82.5 Å². The number of anilines is 1. The molecule has 0 bridgehead atoms. The molecular weight excluding hydrogens is 287 g/mol. The van der Waals surface area contributed by atoms with Gasteiger partial charge in [0.1, 0.15) is 17.1 Å². The van der Waals surface area contributed by atoms with Gasteiger partial charge in [-0.25, -0.2) is 18.7 Å². The molecule has 6 nitrogen and oxygen atoms in total. The molecule has 0 aliphatic heterocycles. The van der Waals surface area contributed by atoms with E-state index < -0.39 is 11.8 Å². The van der Waals surface area contributed by atoms with Crippen molar-refractivity contribution in [3.63, 3.8) is 0 Å². The van der Waals surface area contributed by atoms with E-state index in [-0.39, 0.29) is 23.4 Å². The average Bonchev–Trinajstić information content (AvgIpc) is 2.86. The summed E-state index contributed by atoms with van der Waals surface area (Å²) in [5.41, 5.74) is 6.64. The molecule has 0 unspecified atom stereocenters. The highest BCUT2D eigenvalue weighted by molar-refractivity contribution is 6.02. The Balaban J connectivity index is 2.28. The van der Waals surface area contributed by atoms with Crippen molar-refractivity contribution >= 4 is 17.3 Å². The molecule has 2 N–H and O–H groups in total. The molecule has 0 saturated carbocycles. The zero-order chi connectivity index (χ0) is 15.7. The quantitative estimate of drug-likeness (QED) is 0.593. The number of hydrogen-bond acceptors (Lipinski definition) is 5. The van der Waals surface area contributed by atoms with Crippen LogP contribution in [-0.2, 0) is 4.74 Å². The summed E-state index contributed by atoms with van der Waals surface area (Å²) in [4.78, 5) is 16.4. The predicted octanol–water partition coefficient (Wildman–Crippen LogP) is 2.29. The third kappa shape index (κ3) is 2.26. The summed E-state index contributed by atoms with van der Waals surface area (Å²) >= 11 is 0. The summed E-state index contributed by atoms with van der Waals surface area (Å²) in [6, 6.07) is 5.87. The van der Waals surface area contributed by atoms with Crippen LogP contribution in [0.5, 0.6) is 0 Å². The van der Waals surface area contributed by atoms with Crippen LogP contribution in [0.4, 0.5) is 10.1 Å². The van der Waals surface area contributed by atoms with Gasteiger partial charge in [-0.15, -0.1) is 0 Å². The minimum atomic E-state index is -0.595. The molecule has 1 aromatic carbocycles. The number of nitrogens with zero attached hydrogens (tertiary/aromatic N) is 3. The van der Waals surface area contributed by atoms with Gasteiger partial charge in [0.15, 0.2) is 5.65 Å². The molecular formula is C15H13FN4O2. The zero-order valence-electron chi connectivity index (χ0n) is 11.8. The number of nitrogens with two attached hydrogens (primary N) is 1. The first-order valence-electron chi connectivity index (χ1n) is 6.67. The minimum Gasteiger partial charge on any atom is -0.462 e. The van der Waals surface area contributed by atoms with Crippen molar-refractivity contribution in [3.05, 3.63) is 48.0 Å². The number of hydrogen-bond donors (Lipinski definition) is 1. The van der Waals surface area contributed by atoms with E-state index in [4.69, 9.17) is 10.5 Å². The Hall–Kier alpha value is -2.96. The molecule has 22 heavy (non-hydrogen) atoms. The zero-order valence-corrected chi connectivity index (χ0v) is 11.8. The molecule has 3 rings (SSSR count). The fourth-order valence-corrected chi connectivity index (χ4v) is 2.19. The second kappa shape index (κ2) is 5.44. The van der Waals surface area contributed by atoms with Gasteiger partial charge >= 0.3 is 5.97 Å². The van der Waals surface area contributed by atoms with Gasteiger partial charge in [-0.3, -0.25) is 0 Å². The number of fused-ring (bicyclic) bond motifs is 1. The molecule has 0 radical (unpaired) electrons. The highest BCUT2D eigenvalue weighted by Gasteiger charge is 2.24. The SMILES string of the molecule is CCOC(=O)c1c(-c2ccc(N)cc2F)nn2cccnc12. The molecule has 2 heterocycles. The first-order chi connectivity index (χ1) is 10.6. The molecule has 0 amide bonds. The Kier molecular flexibility index (Phi) is 3.46. The van der Waals surface area contributed by atoms with Gasteiger partial charge in [0, 0.05) is 23.6 Å². The summed E-state index contributed by atoms with van der Waals surface area (Å²) in [5.74, 6) is -1.16. The van der Waals surface area contributed by atoms with Gasteiger partial charge in [-0.05, 0) is 31.2 Å². The van der Waals surface area contributed by atoms with E-state index in [1.807, 2.05) is 0 Å². The van der Waals surface area contributed by atoms with Crippen LogP contribution in [-0.4, -0.2) is 27.2 Å². The number of rotatable bonds is 3. The molecule has 0 aliphatic carbocycles. The average molecular weight is 300 g/mol. The third-order valence-electron chi connectivity index (χ3n) is 3.12. The molecule has 0 spiro atoms. The van der Waals surface area contributed by atoms with E-state index in [1.54, 1.807) is 25.3 Å². The van der Waals surface area contributed by atoms with Crippen LogP contribution in [0.25, 0.3) is 16.9 Å². The van der Waals surface area contributed by atoms with Crippen molar-refractivity contribution in [2.75, 3.05) is 12.3 Å². The third-order valence-corrected chi connectivity index (χ3v) is 3.12. The van der Waals surface area contributed by atoms with E-state index in [1.165, 1.54) is 22.8 Å². The first kappa shape index (κ1) is 14.0. The van der Waals surface area contributed by atoms with Crippen LogP contribution in [0.2, 0.25) is 0 Å². The van der Waals surface area contributed by atoms with Crippen LogP contribution in [0, 0.1) is 5.82 Å². The standard InChI is InChI=1S/C15H13FN4O2/c1-2-22-15(21)12-13(10-5-4-9(17)8-11(10)16)19-20-7-3-6-18-14(12)20/h3-8H,2,17H2,1H3. The summed E-state index contributed by atoms with van der Waals surface area (Å²) < 4.78 is 20.6. The van der Waals surface area contributed by atoms with Gasteiger partial charge in [0.25, 0.3) is 0 Å². The Morgan fingerprint density at radius 3 is 3.00 bits per heavy atom. The number of carbonyl (C=O) groups excluding carboxylic acids is 1. The maximum atomic E-state index is 14.2. The fraction of sp³-hybridized carbons (Fsp3) is 0.133. The van der Waals surface area contributed by atoms with E-state index in [9.17, 15) is 9.18 Å². The van der Waals surface area contributed by atoms with Crippen LogP contribution >= 0.6 is 0 Å². The van der Waals surface area contributed by atoms with Crippen molar-refractivity contribution in [3.8, 4) is 11.3 Å². The fourth-order valence-electron chi connectivity index (χ4n) is 2.19. The van der Waals surface area contributed by atoms with Gasteiger partial charge in [0.05, 0.1) is 6.61 Å². The second-order valence-corrected chi connectivity index (χ2v) is 4.57. The maximum Gasteiger partial charge on any atom is 0.344 e. The lowest BCUT2D eigenvalue weighted by Crippen LogP contribution is -2.06. The van der Waals surface area contributed by atoms with Crippen LogP contribution in [0.3, 0.4) is 0 Å². The summed E-state index contributed by atoms with van der Waals surface area (Å²) in [6.07, 6.45) is 3.16. The van der Waals surface area contributed by atoms with Crippen molar-refractivity contribution in [1.29, 1.82) is 0 Å². The Labute approximate surface area is 125 Å². The predicted molar refractivity (Wildman–Crippen MR) is 78.7 cm³/mol. The smallest absolute Gasteiger partial charge is 0.344 e. The number of ether oxygens (including phenoxy) is 1. The number of esters is 1. The van der Waals surface area contributed by atoms with E-state index in [0.717, 1.165) is 0 Å². The maximum absolute atomic E-state index is 14.2. The summed E-state index contributed by atoms with van der Waals surface area (Å²) in [7, 11) is 0. The number of aromatic nitrogens is 3. The first-order valence-corrected chi connectivity index (χ1v) is 6.67. The summed E-state index contributed by atoms with van der Waals surface area (Å²) in [5, 5.41) is 4.25. The number of halogens is 1. The van der Waals surface area contributed by atoms with Gasteiger partial charge < -0.3 is 10.5 Å². The lowest BCUT2D eigenvalue weighted by Gasteiger charge is -2.04. The summed E-state index contributed by atoms with van der Waals surface area (Å²) in [6.45, 7) is 1.90. The van der Waals surface area contributed by atoms with Crippen LogP contribution in [0.15, 0.2) is 36.7 Å². The highest BCUT2D eigenvalue weighted by atomic mass is 19.1. The lowest BCUT2D eigenvalue weighted by atomic mass is 10.1. The Bertz CT molecular complexity index is 860. The molecule has 0 aliphatic rings. The Morgan fingerprint density at radius 2 is 2.27 bits per heavy atom. The van der Waals surface area contributed by atoms with E-state index >= 15 is 0 Å². The van der Waals surface area contributed by atoms with Crippen molar-refractivity contribution in [2.24, 2.45) is 0 Å². The minimum absolute atomic E-state index is 0.131. The molecule has 112 valence electrons. The molecule has 7 heteroatoms. The molecule has 0 saturated heterocycles. The van der Waals surface area contributed by atoms with Crippen molar-refractivity contribution < 1.29 is 13.9 Å². The van der Waals surface area contributed by atoms with Crippen LogP contribution < -0.4 is 5.73 Å². The normalized spacial score (nSPS) is 10.8. The number of benzene rings is 1. The monoisotopic (exact) mass is 300 g/mol. The number of nitrogen functional groups attached to an aromatic ring is 1. The van der Waals surface area contributed by atoms with Crippen molar-refractivity contribution in [1.82, 2.24) is 14.6 Å². The van der Waals surface area contributed by atoms with Gasteiger partial charge in [0.2, 0.25) is 0 Å². The lowest BCUT2D eigenvalue weighted by molar-refractivity contribution is 0.0529. The van der Waals surface area contributed by atoms with E-state index in [0.29, 0.717) is 11.3 Å². The van der Waals surface area contributed by atoms with E-state index in [2.05, 4.69) is 10.1 Å². The highest BCUT2D eigenvalue weighted by Crippen LogP contribution is 2.29. The molecule has 3 aromatic rings. The van der Waals surface area contributed by atoms with Gasteiger partial charge in [-0.1, -0.05) is 0 Å². The van der Waals surface area contributed by atoms with Gasteiger partial charge in [-0.2, -0.15) is 5.10 Å². The molecule has 2 aromatic heterocycles. The second-order valence-electron chi connectivity index (χ2n) is 4.57. The van der Waals surface area contributed by atoms with Crippen LogP contribution in [0.1, 0.15) is 17.3 Å². The molecule has 0 fully saturated rings. The van der Waals surface area contributed by atoms with Crippen molar-refractivity contribution in [2.45, 2.75) is 6.92 Å².